The lowest BCUT2D eigenvalue weighted by molar-refractivity contribution is -0.135. The van der Waals surface area contributed by atoms with Gasteiger partial charge < -0.3 is 14.2 Å². The van der Waals surface area contributed by atoms with Crippen molar-refractivity contribution >= 4 is 17.6 Å². The lowest BCUT2D eigenvalue weighted by atomic mass is 10.3. The Labute approximate surface area is 128 Å². The van der Waals surface area contributed by atoms with Crippen molar-refractivity contribution in [2.24, 2.45) is 0 Å². The number of hydrogen-bond acceptors (Lipinski definition) is 4. The molecule has 0 aliphatic carbocycles. The van der Waals surface area contributed by atoms with Crippen molar-refractivity contribution in [2.75, 3.05) is 13.7 Å². The SMILES string of the molecule is COc1ccccc1OC(=O)CCOc1ccccc1Cl. The predicted octanol–water partition coefficient (Wildman–Crippen LogP) is 3.72. The normalized spacial score (nSPS) is 10.0. The number of benzene rings is 2. The number of carbonyl (C=O) groups excluding carboxylic acids is 1. The monoisotopic (exact) mass is 306 g/mol. The highest BCUT2D eigenvalue weighted by atomic mass is 35.5. The molecule has 0 fully saturated rings. The largest absolute Gasteiger partial charge is 0.493 e. The van der Waals surface area contributed by atoms with E-state index in [1.807, 2.05) is 12.1 Å². The molecule has 0 aliphatic heterocycles. The molecule has 2 rings (SSSR count). The van der Waals surface area contributed by atoms with Crippen LogP contribution in [0.25, 0.3) is 0 Å². The summed E-state index contributed by atoms with van der Waals surface area (Å²) < 4.78 is 15.8. The highest BCUT2D eigenvalue weighted by Gasteiger charge is 2.10. The van der Waals surface area contributed by atoms with Gasteiger partial charge in [-0.3, -0.25) is 4.79 Å². The number of halogens is 1. The quantitative estimate of drug-likeness (QED) is 0.602. The van der Waals surface area contributed by atoms with E-state index in [0.717, 1.165) is 0 Å². The molecule has 0 atom stereocenters. The van der Waals surface area contributed by atoms with E-state index in [4.69, 9.17) is 25.8 Å². The van der Waals surface area contributed by atoms with Crippen molar-refractivity contribution in [2.45, 2.75) is 6.42 Å². The van der Waals surface area contributed by atoms with Crippen LogP contribution >= 0.6 is 11.6 Å². The summed E-state index contributed by atoms with van der Waals surface area (Å²) in [7, 11) is 1.52. The molecule has 0 unspecified atom stereocenters. The number of methoxy groups -OCH3 is 1. The summed E-state index contributed by atoms with van der Waals surface area (Å²) in [4.78, 5) is 11.8. The number of esters is 1. The second-order valence-corrected chi connectivity index (χ2v) is 4.56. The summed E-state index contributed by atoms with van der Waals surface area (Å²) in [5, 5.41) is 0.510. The van der Waals surface area contributed by atoms with Gasteiger partial charge in [-0.1, -0.05) is 35.9 Å². The minimum absolute atomic E-state index is 0.114. The van der Waals surface area contributed by atoms with E-state index < -0.39 is 5.97 Å². The van der Waals surface area contributed by atoms with Crippen LogP contribution in [0.5, 0.6) is 17.2 Å². The molecule has 0 heterocycles. The molecule has 0 amide bonds. The lowest BCUT2D eigenvalue weighted by Crippen LogP contribution is -2.13. The van der Waals surface area contributed by atoms with Gasteiger partial charge >= 0.3 is 5.97 Å². The smallest absolute Gasteiger partial charge is 0.314 e. The average molecular weight is 307 g/mol. The van der Waals surface area contributed by atoms with Gasteiger partial charge in [-0.05, 0) is 24.3 Å². The zero-order chi connectivity index (χ0) is 15.1. The van der Waals surface area contributed by atoms with Crippen molar-refractivity contribution in [3.63, 3.8) is 0 Å². The molecule has 0 N–H and O–H groups in total. The fourth-order valence-electron chi connectivity index (χ4n) is 1.68. The molecule has 2 aromatic rings. The van der Waals surface area contributed by atoms with E-state index in [1.54, 1.807) is 36.4 Å². The molecule has 0 spiro atoms. The molecule has 0 radical (unpaired) electrons. The number of rotatable bonds is 6. The predicted molar refractivity (Wildman–Crippen MR) is 80.2 cm³/mol. The molecule has 21 heavy (non-hydrogen) atoms. The van der Waals surface area contributed by atoms with Crippen LogP contribution in [-0.4, -0.2) is 19.7 Å². The van der Waals surface area contributed by atoms with Gasteiger partial charge in [0.25, 0.3) is 0 Å². The molecule has 0 aromatic heterocycles. The van der Waals surface area contributed by atoms with Gasteiger partial charge in [0.2, 0.25) is 0 Å². The van der Waals surface area contributed by atoms with E-state index >= 15 is 0 Å². The van der Waals surface area contributed by atoms with Gasteiger partial charge in [0, 0.05) is 0 Å². The third-order valence-electron chi connectivity index (χ3n) is 2.69. The van der Waals surface area contributed by atoms with E-state index in [1.165, 1.54) is 7.11 Å². The Morgan fingerprint density at radius 2 is 1.62 bits per heavy atom. The van der Waals surface area contributed by atoms with Crippen LogP contribution in [0.1, 0.15) is 6.42 Å². The van der Waals surface area contributed by atoms with E-state index in [9.17, 15) is 4.79 Å². The first-order valence-corrected chi connectivity index (χ1v) is 6.79. The van der Waals surface area contributed by atoms with Crippen LogP contribution in [0.4, 0.5) is 0 Å². The van der Waals surface area contributed by atoms with Crippen LogP contribution in [0.3, 0.4) is 0 Å². The van der Waals surface area contributed by atoms with Crippen molar-refractivity contribution < 1.29 is 19.0 Å². The molecule has 0 aliphatic rings. The molecule has 4 nitrogen and oxygen atoms in total. The second-order valence-electron chi connectivity index (χ2n) is 4.15. The van der Waals surface area contributed by atoms with Gasteiger partial charge in [0.05, 0.1) is 25.2 Å². The molecule has 0 saturated carbocycles. The van der Waals surface area contributed by atoms with Gasteiger partial charge in [-0.25, -0.2) is 0 Å². The first kappa shape index (κ1) is 15.2. The minimum atomic E-state index is -0.397. The molecule has 5 heteroatoms. The van der Waals surface area contributed by atoms with Crippen LogP contribution in [-0.2, 0) is 4.79 Å². The standard InChI is InChI=1S/C16H15ClO4/c1-19-14-8-4-5-9-15(14)21-16(18)10-11-20-13-7-3-2-6-12(13)17/h2-9H,10-11H2,1H3. The average Bonchev–Trinajstić information content (AvgIpc) is 2.50. The Hall–Kier alpha value is -2.20. The van der Waals surface area contributed by atoms with Crippen LogP contribution in [0.15, 0.2) is 48.5 Å². The maximum Gasteiger partial charge on any atom is 0.314 e. The fourth-order valence-corrected chi connectivity index (χ4v) is 1.87. The Bertz CT molecular complexity index is 613. The Kier molecular flexibility index (Phi) is 5.46. The Morgan fingerprint density at radius 3 is 2.29 bits per heavy atom. The van der Waals surface area contributed by atoms with Crippen molar-refractivity contribution in [3.8, 4) is 17.2 Å². The Balaban J connectivity index is 1.84. The molecule has 0 bridgehead atoms. The van der Waals surface area contributed by atoms with Crippen LogP contribution in [0.2, 0.25) is 5.02 Å². The molecule has 2 aromatic carbocycles. The van der Waals surface area contributed by atoms with Gasteiger partial charge in [-0.2, -0.15) is 0 Å². The lowest BCUT2D eigenvalue weighted by Gasteiger charge is -2.10. The first-order chi connectivity index (χ1) is 10.2. The molecule has 0 saturated heterocycles. The van der Waals surface area contributed by atoms with Crippen molar-refractivity contribution in [1.29, 1.82) is 0 Å². The number of ether oxygens (including phenoxy) is 3. The summed E-state index contributed by atoms with van der Waals surface area (Å²) in [6.45, 7) is 0.192. The highest BCUT2D eigenvalue weighted by Crippen LogP contribution is 2.26. The second kappa shape index (κ2) is 7.55. The number of carbonyl (C=O) groups is 1. The molecular weight excluding hydrogens is 292 g/mol. The third-order valence-corrected chi connectivity index (χ3v) is 3.01. The van der Waals surface area contributed by atoms with E-state index in [0.29, 0.717) is 22.3 Å². The first-order valence-electron chi connectivity index (χ1n) is 6.41. The molecular formula is C16H15ClO4. The Morgan fingerprint density at radius 1 is 1.00 bits per heavy atom. The summed E-state index contributed by atoms with van der Waals surface area (Å²) in [6, 6.07) is 14.1. The van der Waals surface area contributed by atoms with Crippen molar-refractivity contribution in [3.05, 3.63) is 53.6 Å². The van der Waals surface area contributed by atoms with Gasteiger partial charge in [-0.15, -0.1) is 0 Å². The van der Waals surface area contributed by atoms with Crippen LogP contribution in [0, 0.1) is 0 Å². The summed E-state index contributed by atoms with van der Waals surface area (Å²) in [5.41, 5.74) is 0. The van der Waals surface area contributed by atoms with E-state index in [-0.39, 0.29) is 13.0 Å². The van der Waals surface area contributed by atoms with Crippen molar-refractivity contribution in [1.82, 2.24) is 0 Å². The summed E-state index contributed by atoms with van der Waals surface area (Å²) >= 11 is 5.95. The highest BCUT2D eigenvalue weighted by molar-refractivity contribution is 6.32. The molecule has 110 valence electrons. The minimum Gasteiger partial charge on any atom is -0.493 e. The zero-order valence-electron chi connectivity index (χ0n) is 11.5. The third kappa shape index (κ3) is 4.39. The van der Waals surface area contributed by atoms with Gasteiger partial charge in [0.15, 0.2) is 11.5 Å². The van der Waals surface area contributed by atoms with Gasteiger partial charge in [0.1, 0.15) is 5.75 Å². The van der Waals surface area contributed by atoms with Crippen LogP contribution < -0.4 is 14.2 Å². The van der Waals surface area contributed by atoms with E-state index in [2.05, 4.69) is 0 Å². The maximum absolute atomic E-state index is 11.8. The maximum atomic E-state index is 11.8. The zero-order valence-corrected chi connectivity index (χ0v) is 12.3. The summed E-state index contributed by atoms with van der Waals surface area (Å²) in [6.07, 6.45) is 0.114. The fraction of sp³-hybridized carbons (Fsp3) is 0.188. The number of hydrogen-bond donors (Lipinski definition) is 0. The number of para-hydroxylation sites is 3. The summed E-state index contributed by atoms with van der Waals surface area (Å²) in [5.74, 6) is 1.05. The topological polar surface area (TPSA) is 44.8 Å².